The predicted octanol–water partition coefficient (Wildman–Crippen LogP) is 2.82. The molecule has 0 unspecified atom stereocenters. The van der Waals surface area contributed by atoms with Crippen LogP contribution in [-0.4, -0.2) is 37.0 Å². The number of methoxy groups -OCH3 is 1. The summed E-state index contributed by atoms with van der Waals surface area (Å²) in [7, 11) is 1.68. The van der Waals surface area contributed by atoms with E-state index in [1.165, 1.54) is 5.56 Å². The van der Waals surface area contributed by atoms with Gasteiger partial charge in [-0.25, -0.2) is 0 Å². The van der Waals surface area contributed by atoms with E-state index in [1.807, 2.05) is 12.1 Å². The molecule has 0 saturated carbocycles. The maximum atomic E-state index is 12.2. The lowest BCUT2D eigenvalue weighted by Crippen LogP contribution is -2.42. The molecule has 1 aromatic rings. The van der Waals surface area contributed by atoms with Crippen LogP contribution in [0.5, 0.6) is 5.75 Å². The molecule has 0 bridgehead atoms. The number of hydrogen-bond donors (Lipinski definition) is 1. The van der Waals surface area contributed by atoms with Gasteiger partial charge in [-0.3, -0.25) is 9.69 Å². The van der Waals surface area contributed by atoms with Gasteiger partial charge in [-0.05, 0) is 57.0 Å². The van der Waals surface area contributed by atoms with E-state index in [-0.39, 0.29) is 17.9 Å². The van der Waals surface area contributed by atoms with E-state index in [0.29, 0.717) is 0 Å². The van der Waals surface area contributed by atoms with E-state index in [1.54, 1.807) is 7.11 Å². The lowest BCUT2D eigenvalue weighted by molar-refractivity contribution is -0.127. The molecule has 22 heavy (non-hydrogen) atoms. The topological polar surface area (TPSA) is 41.6 Å². The minimum absolute atomic E-state index is 0.182. The highest BCUT2D eigenvalue weighted by atomic mass is 16.5. The van der Waals surface area contributed by atoms with Crippen molar-refractivity contribution >= 4 is 5.91 Å². The first-order chi connectivity index (χ1) is 10.6. The van der Waals surface area contributed by atoms with Gasteiger partial charge in [0.15, 0.2) is 0 Å². The summed E-state index contributed by atoms with van der Waals surface area (Å²) in [5.41, 5.74) is 1.29. The van der Waals surface area contributed by atoms with E-state index in [9.17, 15) is 4.79 Å². The van der Waals surface area contributed by atoms with Crippen LogP contribution < -0.4 is 10.1 Å². The number of carbonyl (C=O) groups excluding carboxylic acids is 1. The number of nitrogens with zero attached hydrogens (tertiary/aromatic N) is 1. The summed E-state index contributed by atoms with van der Waals surface area (Å²) in [5, 5.41) is 3.11. The molecule has 0 radical (unpaired) electrons. The summed E-state index contributed by atoms with van der Waals surface area (Å²) < 4.78 is 5.18. The number of amides is 1. The molecule has 1 aliphatic rings. The summed E-state index contributed by atoms with van der Waals surface area (Å²) in [6.07, 6.45) is 2.90. The second-order valence-electron chi connectivity index (χ2n) is 6.22. The average molecular weight is 304 g/mol. The summed E-state index contributed by atoms with van der Waals surface area (Å²) in [6.45, 7) is 7.10. The van der Waals surface area contributed by atoms with Gasteiger partial charge < -0.3 is 10.1 Å². The van der Waals surface area contributed by atoms with Crippen molar-refractivity contribution in [3.05, 3.63) is 29.8 Å². The zero-order chi connectivity index (χ0) is 15.9. The molecule has 1 amide bonds. The minimum atomic E-state index is 0.182. The largest absolute Gasteiger partial charge is 0.497 e. The lowest BCUT2D eigenvalue weighted by atomic mass is 9.95. The Morgan fingerprint density at radius 1 is 1.32 bits per heavy atom. The van der Waals surface area contributed by atoms with Crippen LogP contribution in [0.1, 0.15) is 38.7 Å². The summed E-state index contributed by atoms with van der Waals surface area (Å²) in [6, 6.07) is 8.51. The average Bonchev–Trinajstić information content (AvgIpc) is 2.56. The second-order valence-corrected chi connectivity index (χ2v) is 6.22. The molecule has 122 valence electrons. The minimum Gasteiger partial charge on any atom is -0.497 e. The molecule has 2 rings (SSSR count). The van der Waals surface area contributed by atoms with Crippen LogP contribution >= 0.6 is 0 Å². The molecule has 1 heterocycles. The smallest absolute Gasteiger partial charge is 0.223 e. The Kier molecular flexibility index (Phi) is 6.25. The highest BCUT2D eigenvalue weighted by Gasteiger charge is 2.25. The van der Waals surface area contributed by atoms with Gasteiger partial charge in [0.25, 0.3) is 0 Å². The van der Waals surface area contributed by atoms with E-state index < -0.39 is 0 Å². The number of carbonyl (C=O) groups is 1. The Morgan fingerprint density at radius 3 is 2.50 bits per heavy atom. The van der Waals surface area contributed by atoms with E-state index >= 15 is 0 Å². The van der Waals surface area contributed by atoms with Crippen LogP contribution in [0.25, 0.3) is 0 Å². The van der Waals surface area contributed by atoms with Gasteiger partial charge in [-0.15, -0.1) is 0 Å². The van der Waals surface area contributed by atoms with Gasteiger partial charge in [0.05, 0.1) is 7.11 Å². The third-order valence-electron chi connectivity index (χ3n) is 4.52. The maximum absolute atomic E-state index is 12.2. The molecular formula is C18H28N2O2. The molecule has 1 aromatic carbocycles. The molecule has 0 aliphatic carbocycles. The molecule has 1 N–H and O–H groups in total. The molecule has 1 saturated heterocycles. The van der Waals surface area contributed by atoms with Crippen molar-refractivity contribution in [3.8, 4) is 5.75 Å². The van der Waals surface area contributed by atoms with Crippen LogP contribution in [0.2, 0.25) is 0 Å². The predicted molar refractivity (Wildman–Crippen MR) is 88.9 cm³/mol. The number of hydrogen-bond acceptors (Lipinski definition) is 3. The molecule has 1 fully saturated rings. The number of ether oxygens (including phenoxy) is 1. The number of benzene rings is 1. The third kappa shape index (κ3) is 4.73. The van der Waals surface area contributed by atoms with Crippen molar-refractivity contribution in [2.75, 3.05) is 20.2 Å². The van der Waals surface area contributed by atoms with Crippen molar-refractivity contribution in [2.24, 2.45) is 5.92 Å². The summed E-state index contributed by atoms with van der Waals surface area (Å²) in [5.74, 6) is 1.31. The number of piperidine rings is 1. The van der Waals surface area contributed by atoms with Crippen LogP contribution in [0, 0.1) is 5.92 Å². The summed E-state index contributed by atoms with van der Waals surface area (Å²) in [4.78, 5) is 14.6. The summed E-state index contributed by atoms with van der Waals surface area (Å²) >= 11 is 0. The molecule has 4 heteroatoms. The van der Waals surface area contributed by atoms with Crippen molar-refractivity contribution < 1.29 is 9.53 Å². The highest BCUT2D eigenvalue weighted by Crippen LogP contribution is 2.20. The quantitative estimate of drug-likeness (QED) is 0.878. The molecule has 4 nitrogen and oxygen atoms in total. The van der Waals surface area contributed by atoms with Crippen LogP contribution in [0.4, 0.5) is 0 Å². The fraction of sp³-hybridized carbons (Fsp3) is 0.611. The molecule has 1 aliphatic heterocycles. The van der Waals surface area contributed by atoms with Gasteiger partial charge in [0.2, 0.25) is 5.91 Å². The lowest BCUT2D eigenvalue weighted by Gasteiger charge is -2.31. The molecular weight excluding hydrogens is 276 g/mol. The van der Waals surface area contributed by atoms with E-state index in [4.69, 9.17) is 4.74 Å². The van der Waals surface area contributed by atoms with Gasteiger partial charge >= 0.3 is 0 Å². The Bertz CT molecular complexity index is 464. The number of rotatable bonds is 6. The van der Waals surface area contributed by atoms with Gasteiger partial charge in [-0.1, -0.05) is 19.1 Å². The standard InChI is InChI=1S/C18H28N2O2/c1-4-14(2)19-18(21)16-9-11-20(12-10-16)13-15-5-7-17(22-3)8-6-15/h5-8,14,16H,4,9-13H2,1-3H3,(H,19,21)/t14-/m0/s1. The van der Waals surface area contributed by atoms with Crippen molar-refractivity contribution in [1.82, 2.24) is 10.2 Å². The van der Waals surface area contributed by atoms with Crippen LogP contribution in [0.15, 0.2) is 24.3 Å². The number of likely N-dealkylation sites (tertiary alicyclic amines) is 1. The van der Waals surface area contributed by atoms with Crippen LogP contribution in [-0.2, 0) is 11.3 Å². The maximum Gasteiger partial charge on any atom is 0.223 e. The first-order valence-electron chi connectivity index (χ1n) is 8.28. The molecule has 1 atom stereocenters. The van der Waals surface area contributed by atoms with Gasteiger partial charge in [-0.2, -0.15) is 0 Å². The van der Waals surface area contributed by atoms with Gasteiger partial charge in [0, 0.05) is 18.5 Å². The zero-order valence-corrected chi connectivity index (χ0v) is 14.0. The Balaban J connectivity index is 1.77. The number of nitrogens with one attached hydrogen (secondary N) is 1. The molecule has 0 aromatic heterocycles. The van der Waals surface area contributed by atoms with E-state index in [2.05, 4.69) is 36.2 Å². The molecule has 0 spiro atoms. The highest BCUT2D eigenvalue weighted by molar-refractivity contribution is 5.79. The first kappa shape index (κ1) is 16.8. The Hall–Kier alpha value is -1.55. The van der Waals surface area contributed by atoms with Crippen molar-refractivity contribution in [3.63, 3.8) is 0 Å². The van der Waals surface area contributed by atoms with Gasteiger partial charge in [0.1, 0.15) is 5.75 Å². The Morgan fingerprint density at radius 2 is 1.95 bits per heavy atom. The van der Waals surface area contributed by atoms with Crippen molar-refractivity contribution in [1.29, 1.82) is 0 Å². The first-order valence-corrected chi connectivity index (χ1v) is 8.28. The SMILES string of the molecule is CC[C@H](C)NC(=O)C1CCN(Cc2ccc(OC)cc2)CC1. The fourth-order valence-corrected chi connectivity index (χ4v) is 2.81. The third-order valence-corrected chi connectivity index (χ3v) is 4.52. The second kappa shape index (κ2) is 8.18. The normalized spacial score (nSPS) is 18.0. The zero-order valence-electron chi connectivity index (χ0n) is 14.0. The Labute approximate surface area is 133 Å². The van der Waals surface area contributed by atoms with E-state index in [0.717, 1.165) is 44.6 Å². The fourth-order valence-electron chi connectivity index (χ4n) is 2.81. The van der Waals surface area contributed by atoms with Crippen molar-refractivity contribution in [2.45, 2.75) is 45.7 Å². The monoisotopic (exact) mass is 304 g/mol. The van der Waals surface area contributed by atoms with Crippen LogP contribution in [0.3, 0.4) is 0 Å².